The van der Waals surface area contributed by atoms with Crippen LogP contribution in [0.1, 0.15) is 22.4 Å². The Morgan fingerprint density at radius 2 is 2.35 bits per heavy atom. The van der Waals surface area contributed by atoms with Gasteiger partial charge in [-0.2, -0.15) is 0 Å². The maximum Gasteiger partial charge on any atom is 0.275 e. The molecule has 0 spiro atoms. The first-order valence-corrected chi connectivity index (χ1v) is 7.28. The molecule has 1 heterocycles. The van der Waals surface area contributed by atoms with E-state index < -0.39 is 0 Å². The van der Waals surface area contributed by atoms with Crippen molar-refractivity contribution in [3.63, 3.8) is 0 Å². The van der Waals surface area contributed by atoms with Gasteiger partial charge in [0.25, 0.3) is 5.91 Å². The van der Waals surface area contributed by atoms with Gasteiger partial charge >= 0.3 is 0 Å². The highest BCUT2D eigenvalue weighted by Crippen LogP contribution is 2.28. The number of carbonyl (C=O) groups is 1. The van der Waals surface area contributed by atoms with E-state index in [0.29, 0.717) is 40.3 Å². The number of aromatic nitrogens is 1. The molecule has 20 heavy (non-hydrogen) atoms. The molecule has 5 nitrogen and oxygen atoms in total. The van der Waals surface area contributed by atoms with Gasteiger partial charge in [-0.3, -0.25) is 4.79 Å². The van der Waals surface area contributed by atoms with Gasteiger partial charge in [-0.25, -0.2) is 4.98 Å². The zero-order chi connectivity index (χ0) is 14.5. The van der Waals surface area contributed by atoms with Gasteiger partial charge < -0.3 is 15.8 Å². The normalized spacial score (nSPS) is 10.3. The minimum absolute atomic E-state index is 0.316. The average Bonchev–Trinajstić information content (AvgIpc) is 2.91. The van der Waals surface area contributed by atoms with Crippen LogP contribution in [-0.4, -0.2) is 17.5 Å². The molecule has 0 bridgehead atoms. The van der Waals surface area contributed by atoms with Gasteiger partial charge in [0, 0.05) is 16.9 Å². The lowest BCUT2D eigenvalue weighted by molar-refractivity contribution is 0.102. The fourth-order valence-electron chi connectivity index (χ4n) is 1.58. The Kier molecular flexibility index (Phi) is 4.94. The van der Waals surface area contributed by atoms with E-state index in [4.69, 9.17) is 22.1 Å². The number of nitrogens with zero attached hydrogens (tertiary/aromatic N) is 1. The van der Waals surface area contributed by atoms with E-state index in [2.05, 4.69) is 10.3 Å². The molecule has 3 N–H and O–H groups in total. The number of benzene rings is 1. The predicted octanol–water partition coefficient (Wildman–Crippen LogP) is 2.91. The van der Waals surface area contributed by atoms with Crippen molar-refractivity contribution < 1.29 is 9.53 Å². The van der Waals surface area contributed by atoms with E-state index in [1.165, 1.54) is 11.3 Å². The number of carbonyl (C=O) groups excluding carboxylic acids is 1. The number of nitrogens with one attached hydrogen (secondary N) is 1. The minimum Gasteiger partial charge on any atom is -0.492 e. The molecule has 7 heteroatoms. The number of nitrogens with two attached hydrogens (primary N) is 1. The van der Waals surface area contributed by atoms with Crippen LogP contribution in [0.4, 0.5) is 5.69 Å². The van der Waals surface area contributed by atoms with Crippen LogP contribution >= 0.6 is 22.9 Å². The van der Waals surface area contributed by atoms with Crippen LogP contribution < -0.4 is 15.8 Å². The molecule has 0 radical (unpaired) electrons. The Balaban J connectivity index is 2.20. The van der Waals surface area contributed by atoms with Gasteiger partial charge in [0.15, 0.2) is 0 Å². The summed E-state index contributed by atoms with van der Waals surface area (Å²) in [5.74, 6) is 0.253. The van der Waals surface area contributed by atoms with Gasteiger partial charge in [-0.1, -0.05) is 11.6 Å². The molecule has 0 saturated heterocycles. The lowest BCUT2D eigenvalue weighted by Gasteiger charge is -2.11. The molecule has 0 fully saturated rings. The average molecular weight is 312 g/mol. The van der Waals surface area contributed by atoms with Gasteiger partial charge in [0.2, 0.25) is 0 Å². The van der Waals surface area contributed by atoms with E-state index in [9.17, 15) is 4.79 Å². The second-order valence-corrected chi connectivity index (χ2v) is 5.24. The Morgan fingerprint density at radius 3 is 3.00 bits per heavy atom. The Morgan fingerprint density at radius 1 is 1.55 bits per heavy atom. The summed E-state index contributed by atoms with van der Waals surface area (Å²) < 4.78 is 5.44. The largest absolute Gasteiger partial charge is 0.492 e. The first kappa shape index (κ1) is 14.8. The molecule has 2 aromatic rings. The number of hydrogen-bond acceptors (Lipinski definition) is 5. The van der Waals surface area contributed by atoms with Gasteiger partial charge in [-0.05, 0) is 25.1 Å². The second-order valence-electron chi connectivity index (χ2n) is 3.86. The zero-order valence-corrected chi connectivity index (χ0v) is 12.4. The highest BCUT2D eigenvalue weighted by Gasteiger charge is 2.13. The van der Waals surface area contributed by atoms with Gasteiger partial charge in [0.1, 0.15) is 16.5 Å². The monoisotopic (exact) mass is 311 g/mol. The van der Waals surface area contributed by atoms with Crippen LogP contribution in [-0.2, 0) is 6.54 Å². The Hall–Kier alpha value is -1.63. The summed E-state index contributed by atoms with van der Waals surface area (Å²) in [5, 5.41) is 5.65. The van der Waals surface area contributed by atoms with Crippen molar-refractivity contribution in [3.8, 4) is 5.75 Å². The molecule has 0 unspecified atom stereocenters. The molecular formula is C13H14ClN3O2S. The summed E-state index contributed by atoms with van der Waals surface area (Å²) in [4.78, 5) is 16.2. The van der Waals surface area contributed by atoms with Crippen LogP contribution in [0.25, 0.3) is 0 Å². The third-order valence-corrected chi connectivity index (χ3v) is 3.55. The molecule has 0 saturated carbocycles. The van der Waals surface area contributed by atoms with Crippen molar-refractivity contribution in [1.82, 2.24) is 4.98 Å². The van der Waals surface area contributed by atoms with Crippen LogP contribution in [0.2, 0.25) is 5.02 Å². The number of amides is 1. The smallest absolute Gasteiger partial charge is 0.275 e. The SMILES string of the molecule is CCOc1ccc(Cl)cc1NC(=O)c1csc(CN)n1. The van der Waals surface area contributed by atoms with Crippen molar-refractivity contribution >= 4 is 34.5 Å². The van der Waals surface area contributed by atoms with Crippen molar-refractivity contribution in [2.75, 3.05) is 11.9 Å². The molecule has 1 aromatic heterocycles. The quantitative estimate of drug-likeness (QED) is 0.890. The fourth-order valence-corrected chi connectivity index (χ4v) is 2.40. The van der Waals surface area contributed by atoms with E-state index in [1.807, 2.05) is 6.92 Å². The van der Waals surface area contributed by atoms with Crippen LogP contribution in [0.3, 0.4) is 0 Å². The summed E-state index contributed by atoms with van der Waals surface area (Å²) in [7, 11) is 0. The number of thiazole rings is 1. The third kappa shape index (κ3) is 3.47. The van der Waals surface area contributed by atoms with Crippen molar-refractivity contribution in [2.24, 2.45) is 5.73 Å². The first-order chi connectivity index (χ1) is 9.63. The van der Waals surface area contributed by atoms with Gasteiger partial charge in [0.05, 0.1) is 12.3 Å². The van der Waals surface area contributed by atoms with Gasteiger partial charge in [-0.15, -0.1) is 11.3 Å². The Bertz CT molecular complexity index is 615. The number of hydrogen-bond donors (Lipinski definition) is 2. The summed E-state index contributed by atoms with van der Waals surface area (Å²) in [6.07, 6.45) is 0. The predicted molar refractivity (Wildman–Crippen MR) is 80.6 cm³/mol. The van der Waals surface area contributed by atoms with E-state index in [-0.39, 0.29) is 5.91 Å². The minimum atomic E-state index is -0.316. The highest BCUT2D eigenvalue weighted by molar-refractivity contribution is 7.09. The number of rotatable bonds is 5. The van der Waals surface area contributed by atoms with Crippen molar-refractivity contribution in [1.29, 1.82) is 0 Å². The molecule has 2 rings (SSSR count). The highest BCUT2D eigenvalue weighted by atomic mass is 35.5. The zero-order valence-electron chi connectivity index (χ0n) is 10.9. The molecule has 0 aliphatic rings. The van der Waals surface area contributed by atoms with Crippen LogP contribution in [0.15, 0.2) is 23.6 Å². The summed E-state index contributed by atoms with van der Waals surface area (Å²) in [6, 6.07) is 5.06. The molecule has 0 aliphatic carbocycles. The molecule has 1 aromatic carbocycles. The van der Waals surface area contributed by atoms with E-state index >= 15 is 0 Å². The lowest BCUT2D eigenvalue weighted by atomic mass is 10.3. The van der Waals surface area contributed by atoms with Crippen LogP contribution in [0, 0.1) is 0 Å². The summed E-state index contributed by atoms with van der Waals surface area (Å²) in [6.45, 7) is 2.69. The maximum absolute atomic E-state index is 12.1. The van der Waals surface area contributed by atoms with Crippen molar-refractivity contribution in [2.45, 2.75) is 13.5 Å². The second kappa shape index (κ2) is 6.69. The third-order valence-electron chi connectivity index (χ3n) is 2.45. The fraction of sp³-hybridized carbons (Fsp3) is 0.231. The summed E-state index contributed by atoms with van der Waals surface area (Å²) in [5.41, 5.74) is 6.33. The topological polar surface area (TPSA) is 77.2 Å². The lowest BCUT2D eigenvalue weighted by Crippen LogP contribution is -2.13. The molecule has 1 amide bonds. The number of halogens is 1. The Labute approximate surface area is 125 Å². The maximum atomic E-state index is 12.1. The van der Waals surface area contributed by atoms with Crippen LogP contribution in [0.5, 0.6) is 5.75 Å². The van der Waals surface area contributed by atoms with E-state index in [0.717, 1.165) is 0 Å². The standard InChI is InChI=1S/C13H14ClN3O2S/c1-2-19-11-4-3-8(14)5-9(11)17-13(18)10-7-20-12(6-15)16-10/h3-5,7H,2,6,15H2,1H3,(H,17,18). The molecule has 106 valence electrons. The number of ether oxygens (including phenoxy) is 1. The van der Waals surface area contributed by atoms with Crippen molar-refractivity contribution in [3.05, 3.63) is 39.3 Å². The molecule has 0 aliphatic heterocycles. The van der Waals surface area contributed by atoms with E-state index in [1.54, 1.807) is 23.6 Å². The first-order valence-electron chi connectivity index (χ1n) is 6.02. The number of anilines is 1. The molecule has 0 atom stereocenters. The molecular weight excluding hydrogens is 298 g/mol. The summed E-state index contributed by atoms with van der Waals surface area (Å²) >= 11 is 7.29.